The summed E-state index contributed by atoms with van der Waals surface area (Å²) in [4.78, 5) is 14.8. The minimum atomic E-state index is 0.0147. The maximum absolute atomic E-state index is 10.6. The Morgan fingerprint density at radius 2 is 2.27 bits per heavy atom. The topological polar surface area (TPSA) is 59.0 Å². The molecule has 0 bridgehead atoms. The molecular weight excluding hydrogens is 192 g/mol. The van der Waals surface area contributed by atoms with Crippen LogP contribution >= 0.6 is 0 Å². The van der Waals surface area contributed by atoms with Crippen molar-refractivity contribution in [1.82, 2.24) is 20.2 Å². The van der Waals surface area contributed by atoms with Gasteiger partial charge >= 0.3 is 0 Å². The molecule has 2 N–H and O–H groups in total. The summed E-state index contributed by atoms with van der Waals surface area (Å²) in [5, 5.41) is 5.97. The Balaban J connectivity index is 2.03. The van der Waals surface area contributed by atoms with Gasteiger partial charge in [0.15, 0.2) is 0 Å². The molecule has 0 fully saturated rings. The van der Waals surface area contributed by atoms with E-state index in [0.29, 0.717) is 6.54 Å². The Morgan fingerprint density at radius 1 is 1.47 bits per heavy atom. The molecule has 1 amide bonds. The summed E-state index contributed by atoms with van der Waals surface area (Å²) >= 11 is 0. The van der Waals surface area contributed by atoms with Gasteiger partial charge in [0.25, 0.3) is 0 Å². The van der Waals surface area contributed by atoms with Crippen molar-refractivity contribution in [2.45, 2.75) is 13.3 Å². The number of hydrogen-bond acceptors (Lipinski definition) is 3. The number of amides is 1. The van der Waals surface area contributed by atoms with Crippen LogP contribution in [-0.2, 0) is 18.3 Å². The third-order valence-corrected chi connectivity index (χ3v) is 2.12. The molecule has 1 aromatic rings. The van der Waals surface area contributed by atoms with Gasteiger partial charge in [0.2, 0.25) is 5.91 Å². The van der Waals surface area contributed by atoms with E-state index in [4.69, 9.17) is 0 Å². The zero-order valence-corrected chi connectivity index (χ0v) is 9.29. The second-order valence-corrected chi connectivity index (χ2v) is 3.44. The van der Waals surface area contributed by atoms with Crippen LogP contribution in [0.25, 0.3) is 0 Å². The van der Waals surface area contributed by atoms with E-state index < -0.39 is 0 Å². The van der Waals surface area contributed by atoms with Crippen molar-refractivity contribution < 1.29 is 4.79 Å². The summed E-state index contributed by atoms with van der Waals surface area (Å²) in [6, 6.07) is 0. The lowest BCUT2D eigenvalue weighted by atomic mass is 10.4. The quantitative estimate of drug-likeness (QED) is 0.633. The van der Waals surface area contributed by atoms with Crippen molar-refractivity contribution >= 4 is 5.91 Å². The van der Waals surface area contributed by atoms with Crippen LogP contribution in [0.1, 0.15) is 12.7 Å². The summed E-state index contributed by atoms with van der Waals surface area (Å²) in [5.74, 6) is 1.09. The van der Waals surface area contributed by atoms with Crippen molar-refractivity contribution in [3.8, 4) is 0 Å². The molecule has 0 aromatic carbocycles. The third-order valence-electron chi connectivity index (χ3n) is 2.12. The predicted octanol–water partition coefficient (Wildman–Crippen LogP) is -0.312. The van der Waals surface area contributed by atoms with Crippen LogP contribution in [-0.4, -0.2) is 35.1 Å². The molecule has 0 aliphatic rings. The first-order valence-electron chi connectivity index (χ1n) is 5.11. The van der Waals surface area contributed by atoms with Crippen LogP contribution in [0.3, 0.4) is 0 Å². The van der Waals surface area contributed by atoms with Gasteiger partial charge in [-0.2, -0.15) is 0 Å². The van der Waals surface area contributed by atoms with Crippen molar-refractivity contribution in [2.75, 3.05) is 19.6 Å². The molecule has 1 aromatic heterocycles. The van der Waals surface area contributed by atoms with E-state index in [2.05, 4.69) is 15.6 Å². The second-order valence-electron chi connectivity index (χ2n) is 3.44. The first-order valence-corrected chi connectivity index (χ1v) is 5.11. The molecule has 0 aliphatic carbocycles. The molecule has 0 unspecified atom stereocenters. The lowest BCUT2D eigenvalue weighted by Crippen LogP contribution is -2.31. The van der Waals surface area contributed by atoms with Gasteiger partial charge in [-0.05, 0) is 0 Å². The molecule has 5 heteroatoms. The molecule has 0 saturated heterocycles. The number of rotatable bonds is 6. The van der Waals surface area contributed by atoms with Gasteiger partial charge in [0.05, 0.1) is 0 Å². The molecule has 15 heavy (non-hydrogen) atoms. The van der Waals surface area contributed by atoms with Crippen molar-refractivity contribution in [3.63, 3.8) is 0 Å². The number of nitrogens with zero attached hydrogens (tertiary/aromatic N) is 2. The summed E-state index contributed by atoms with van der Waals surface area (Å²) in [6.07, 6.45) is 4.64. The van der Waals surface area contributed by atoms with Crippen LogP contribution in [0.4, 0.5) is 0 Å². The fourth-order valence-corrected chi connectivity index (χ4v) is 1.29. The number of hydrogen-bond donors (Lipinski definition) is 2. The van der Waals surface area contributed by atoms with E-state index in [-0.39, 0.29) is 5.91 Å². The first kappa shape index (κ1) is 11.7. The monoisotopic (exact) mass is 210 g/mol. The van der Waals surface area contributed by atoms with E-state index in [9.17, 15) is 4.79 Å². The van der Waals surface area contributed by atoms with Crippen molar-refractivity contribution in [1.29, 1.82) is 0 Å². The molecule has 5 nitrogen and oxygen atoms in total. The fourth-order valence-electron chi connectivity index (χ4n) is 1.29. The molecule has 0 radical (unpaired) electrons. The highest BCUT2D eigenvalue weighted by Crippen LogP contribution is 1.93. The van der Waals surface area contributed by atoms with Crippen LogP contribution in [0.5, 0.6) is 0 Å². The summed E-state index contributed by atoms with van der Waals surface area (Å²) in [6.45, 7) is 3.87. The van der Waals surface area contributed by atoms with Gasteiger partial charge in [0.1, 0.15) is 5.82 Å². The van der Waals surface area contributed by atoms with Crippen LogP contribution in [0, 0.1) is 0 Å². The highest BCUT2D eigenvalue weighted by atomic mass is 16.1. The van der Waals surface area contributed by atoms with Gasteiger partial charge in [0, 0.05) is 52.4 Å². The number of aryl methyl sites for hydroxylation is 1. The van der Waals surface area contributed by atoms with Gasteiger partial charge in [-0.15, -0.1) is 0 Å². The minimum absolute atomic E-state index is 0.0147. The number of carbonyl (C=O) groups is 1. The standard InChI is InChI=1S/C10H18N4O/c1-9(15)12-6-5-11-4-3-10-13-7-8-14(10)2/h7-8,11H,3-6H2,1-2H3,(H,12,15). The zero-order chi connectivity index (χ0) is 11.1. The Kier molecular flexibility index (Phi) is 4.83. The molecule has 0 aliphatic heterocycles. The minimum Gasteiger partial charge on any atom is -0.355 e. The molecule has 84 valence electrons. The molecule has 0 saturated carbocycles. The molecule has 1 rings (SSSR count). The van der Waals surface area contributed by atoms with Crippen molar-refractivity contribution in [3.05, 3.63) is 18.2 Å². The highest BCUT2D eigenvalue weighted by molar-refractivity contribution is 5.72. The van der Waals surface area contributed by atoms with E-state index in [1.807, 2.05) is 17.8 Å². The normalized spacial score (nSPS) is 10.3. The number of imidazole rings is 1. The fraction of sp³-hybridized carbons (Fsp3) is 0.600. The average molecular weight is 210 g/mol. The Hall–Kier alpha value is -1.36. The number of aromatic nitrogens is 2. The lowest BCUT2D eigenvalue weighted by Gasteiger charge is -2.05. The maximum atomic E-state index is 10.6. The highest BCUT2D eigenvalue weighted by Gasteiger charge is 1.97. The van der Waals surface area contributed by atoms with Crippen LogP contribution in [0.2, 0.25) is 0 Å². The predicted molar refractivity (Wildman–Crippen MR) is 58.5 cm³/mol. The summed E-state index contributed by atoms with van der Waals surface area (Å²) in [7, 11) is 1.99. The molecule has 0 spiro atoms. The van der Waals surface area contributed by atoms with Crippen molar-refractivity contribution in [2.24, 2.45) is 7.05 Å². The summed E-state index contributed by atoms with van der Waals surface area (Å²) < 4.78 is 2.01. The van der Waals surface area contributed by atoms with Gasteiger partial charge in [-0.25, -0.2) is 4.98 Å². The maximum Gasteiger partial charge on any atom is 0.216 e. The Labute approximate surface area is 89.9 Å². The van der Waals surface area contributed by atoms with Gasteiger partial charge in [-0.1, -0.05) is 0 Å². The Bertz CT molecular complexity index is 308. The Morgan fingerprint density at radius 3 is 2.87 bits per heavy atom. The van der Waals surface area contributed by atoms with Gasteiger partial charge in [-0.3, -0.25) is 4.79 Å². The average Bonchev–Trinajstić information content (AvgIpc) is 2.57. The first-order chi connectivity index (χ1) is 7.20. The molecular formula is C10H18N4O. The SMILES string of the molecule is CC(=O)NCCNCCc1nccn1C. The van der Waals surface area contributed by atoms with Crippen LogP contribution in [0.15, 0.2) is 12.4 Å². The van der Waals surface area contributed by atoms with E-state index >= 15 is 0 Å². The number of nitrogens with one attached hydrogen (secondary N) is 2. The molecule has 1 heterocycles. The molecule has 0 atom stereocenters. The van der Waals surface area contributed by atoms with E-state index in [1.165, 1.54) is 6.92 Å². The number of carbonyl (C=O) groups excluding carboxylic acids is 1. The zero-order valence-electron chi connectivity index (χ0n) is 9.29. The summed E-state index contributed by atoms with van der Waals surface area (Å²) in [5.41, 5.74) is 0. The second kappa shape index (κ2) is 6.19. The smallest absolute Gasteiger partial charge is 0.216 e. The van der Waals surface area contributed by atoms with E-state index in [1.54, 1.807) is 6.20 Å². The largest absolute Gasteiger partial charge is 0.355 e. The van der Waals surface area contributed by atoms with Crippen LogP contribution < -0.4 is 10.6 Å². The van der Waals surface area contributed by atoms with Gasteiger partial charge < -0.3 is 15.2 Å². The van der Waals surface area contributed by atoms with E-state index in [0.717, 1.165) is 25.3 Å². The third kappa shape index (κ3) is 4.60. The lowest BCUT2D eigenvalue weighted by molar-refractivity contribution is -0.118.